The number of rotatable bonds is 1. The molecule has 23 heavy (non-hydrogen) atoms. The van der Waals surface area contributed by atoms with Gasteiger partial charge in [-0.2, -0.15) is 5.10 Å². The van der Waals surface area contributed by atoms with Gasteiger partial charge in [0.25, 0.3) is 0 Å². The van der Waals surface area contributed by atoms with Gasteiger partial charge in [-0.1, -0.05) is 25.2 Å². The Kier molecular flexibility index (Phi) is 3.96. The molecule has 0 aliphatic carbocycles. The molecule has 0 radical (unpaired) electrons. The number of benzene rings is 1. The lowest BCUT2D eigenvalue weighted by molar-refractivity contribution is 0.556. The average Bonchev–Trinajstić information content (AvgIpc) is 3.05. The van der Waals surface area contributed by atoms with E-state index in [0.29, 0.717) is 21.6 Å². The second kappa shape index (κ2) is 5.92. The van der Waals surface area contributed by atoms with Crippen molar-refractivity contribution in [2.24, 2.45) is 0 Å². The van der Waals surface area contributed by atoms with E-state index in [2.05, 4.69) is 10.1 Å². The Morgan fingerprint density at radius 1 is 1.26 bits per heavy atom. The Balaban J connectivity index is 0.000000753. The van der Waals surface area contributed by atoms with Gasteiger partial charge >= 0.3 is 5.63 Å². The Bertz CT molecular complexity index is 1020. The molecular formula is C16H14FN3O2S. The fourth-order valence-corrected chi connectivity index (χ4v) is 2.92. The highest BCUT2D eigenvalue weighted by atomic mass is 32.1. The van der Waals surface area contributed by atoms with Crippen LogP contribution >= 0.6 is 11.3 Å². The molecule has 0 bridgehead atoms. The molecule has 0 aliphatic rings. The van der Waals surface area contributed by atoms with Crippen molar-refractivity contribution in [2.75, 3.05) is 0 Å². The van der Waals surface area contributed by atoms with Gasteiger partial charge in [0.15, 0.2) is 0 Å². The molecule has 0 N–H and O–H groups in total. The van der Waals surface area contributed by atoms with E-state index in [0.717, 1.165) is 5.01 Å². The third-order valence-electron chi connectivity index (χ3n) is 3.12. The van der Waals surface area contributed by atoms with Gasteiger partial charge in [0, 0.05) is 11.5 Å². The standard InChI is InChI=1S/C14H8FN3O2S.C2H6/c1-7-17-18-6-11(16-14(18)21-7)10-4-8-2-3-9(15)5-12(8)20-13(10)19;1-2/h2-6H,1H3;1-2H3. The van der Waals surface area contributed by atoms with E-state index in [1.54, 1.807) is 22.8 Å². The van der Waals surface area contributed by atoms with E-state index in [1.165, 1.54) is 23.5 Å². The van der Waals surface area contributed by atoms with Gasteiger partial charge < -0.3 is 4.42 Å². The quantitative estimate of drug-likeness (QED) is 0.494. The summed E-state index contributed by atoms with van der Waals surface area (Å²) in [5.74, 6) is -0.444. The van der Waals surface area contributed by atoms with Gasteiger partial charge in [0.2, 0.25) is 4.96 Å². The second-order valence-corrected chi connectivity index (χ2v) is 5.76. The smallest absolute Gasteiger partial charge is 0.345 e. The van der Waals surface area contributed by atoms with Crippen LogP contribution in [0, 0.1) is 12.7 Å². The van der Waals surface area contributed by atoms with E-state index >= 15 is 0 Å². The van der Waals surface area contributed by atoms with E-state index in [9.17, 15) is 9.18 Å². The number of aromatic nitrogens is 3. The molecular weight excluding hydrogens is 317 g/mol. The molecule has 0 atom stereocenters. The first-order valence-electron chi connectivity index (χ1n) is 7.17. The highest BCUT2D eigenvalue weighted by Gasteiger charge is 2.13. The van der Waals surface area contributed by atoms with Crippen LogP contribution in [0.15, 0.2) is 39.7 Å². The minimum atomic E-state index is -0.546. The summed E-state index contributed by atoms with van der Waals surface area (Å²) in [5, 5.41) is 5.79. The molecule has 0 unspecified atom stereocenters. The lowest BCUT2D eigenvalue weighted by atomic mass is 10.1. The summed E-state index contributed by atoms with van der Waals surface area (Å²) in [6.45, 7) is 5.89. The lowest BCUT2D eigenvalue weighted by Gasteiger charge is -1.99. The molecule has 0 amide bonds. The molecule has 4 aromatic rings. The van der Waals surface area contributed by atoms with Crippen LogP contribution in [0.3, 0.4) is 0 Å². The predicted molar refractivity (Wildman–Crippen MR) is 88.4 cm³/mol. The zero-order valence-electron chi connectivity index (χ0n) is 12.8. The number of hydrogen-bond acceptors (Lipinski definition) is 5. The zero-order chi connectivity index (χ0) is 16.6. The molecule has 0 saturated heterocycles. The Morgan fingerprint density at radius 3 is 2.78 bits per heavy atom. The third kappa shape index (κ3) is 2.75. The molecule has 0 aliphatic heterocycles. The lowest BCUT2D eigenvalue weighted by Crippen LogP contribution is -2.03. The Morgan fingerprint density at radius 2 is 2.04 bits per heavy atom. The van der Waals surface area contributed by atoms with Crippen LogP contribution in [0.2, 0.25) is 0 Å². The van der Waals surface area contributed by atoms with Crippen LogP contribution in [-0.4, -0.2) is 14.6 Å². The van der Waals surface area contributed by atoms with Crippen molar-refractivity contribution in [3.8, 4) is 11.3 Å². The Hall–Kier alpha value is -2.54. The monoisotopic (exact) mass is 331 g/mol. The predicted octanol–water partition coefficient (Wildman–Crippen LogP) is 4.04. The fourth-order valence-electron chi connectivity index (χ4n) is 2.19. The maximum Gasteiger partial charge on any atom is 0.345 e. The van der Waals surface area contributed by atoms with Gasteiger partial charge in [0.1, 0.15) is 16.4 Å². The van der Waals surface area contributed by atoms with Crippen molar-refractivity contribution in [1.29, 1.82) is 0 Å². The molecule has 3 aromatic heterocycles. The second-order valence-electron chi connectivity index (χ2n) is 4.60. The number of fused-ring (bicyclic) bond motifs is 2. The number of nitrogens with zero attached hydrogens (tertiary/aromatic N) is 3. The van der Waals surface area contributed by atoms with E-state index in [4.69, 9.17) is 4.42 Å². The molecule has 0 saturated carbocycles. The van der Waals surface area contributed by atoms with E-state index in [1.807, 2.05) is 20.8 Å². The maximum absolute atomic E-state index is 13.1. The molecule has 3 heterocycles. The SMILES string of the molecule is CC.Cc1nn2cc(-c3cc4ccc(F)cc4oc3=O)nc2s1. The van der Waals surface area contributed by atoms with Crippen LogP contribution in [0.4, 0.5) is 4.39 Å². The minimum absolute atomic E-state index is 0.221. The summed E-state index contributed by atoms with van der Waals surface area (Å²) in [5.41, 5.74) is 0.507. The molecule has 1 aromatic carbocycles. The van der Waals surface area contributed by atoms with E-state index < -0.39 is 11.4 Å². The minimum Gasteiger partial charge on any atom is -0.422 e. The fraction of sp³-hybridized carbons (Fsp3) is 0.188. The van der Waals surface area contributed by atoms with Gasteiger partial charge in [-0.25, -0.2) is 18.7 Å². The number of hydrogen-bond donors (Lipinski definition) is 0. The number of halogens is 1. The van der Waals surface area contributed by atoms with Gasteiger partial charge in [-0.15, -0.1) is 0 Å². The first kappa shape index (κ1) is 15.4. The summed E-state index contributed by atoms with van der Waals surface area (Å²) < 4.78 is 19.9. The zero-order valence-corrected chi connectivity index (χ0v) is 13.6. The van der Waals surface area contributed by atoms with Crippen LogP contribution < -0.4 is 5.63 Å². The molecule has 7 heteroatoms. The van der Waals surface area contributed by atoms with Gasteiger partial charge in [-0.3, -0.25) is 0 Å². The van der Waals surface area contributed by atoms with Crippen molar-refractivity contribution >= 4 is 27.3 Å². The molecule has 4 rings (SSSR count). The molecule has 0 fully saturated rings. The first-order chi connectivity index (χ1) is 11.1. The number of aryl methyl sites for hydroxylation is 1. The Labute approximate surface area is 135 Å². The van der Waals surface area contributed by atoms with Gasteiger partial charge in [0.05, 0.1) is 17.5 Å². The van der Waals surface area contributed by atoms with Crippen LogP contribution in [0.5, 0.6) is 0 Å². The summed E-state index contributed by atoms with van der Waals surface area (Å²) in [4.78, 5) is 17.1. The van der Waals surface area contributed by atoms with Crippen molar-refractivity contribution in [1.82, 2.24) is 14.6 Å². The summed E-state index contributed by atoms with van der Waals surface area (Å²) in [6.07, 6.45) is 1.68. The topological polar surface area (TPSA) is 60.4 Å². The maximum atomic E-state index is 13.1. The highest BCUT2D eigenvalue weighted by molar-refractivity contribution is 7.16. The average molecular weight is 331 g/mol. The molecule has 0 spiro atoms. The van der Waals surface area contributed by atoms with Crippen LogP contribution in [0.25, 0.3) is 27.2 Å². The number of imidazole rings is 1. The van der Waals surface area contributed by atoms with Crippen LogP contribution in [-0.2, 0) is 0 Å². The van der Waals surface area contributed by atoms with Crippen molar-refractivity contribution < 1.29 is 8.81 Å². The molecule has 118 valence electrons. The van der Waals surface area contributed by atoms with Gasteiger partial charge in [-0.05, 0) is 25.1 Å². The summed E-state index contributed by atoms with van der Waals surface area (Å²) in [7, 11) is 0. The molecule has 5 nitrogen and oxygen atoms in total. The summed E-state index contributed by atoms with van der Waals surface area (Å²) in [6, 6.07) is 5.73. The normalized spacial score (nSPS) is 10.8. The largest absolute Gasteiger partial charge is 0.422 e. The first-order valence-corrected chi connectivity index (χ1v) is 7.98. The van der Waals surface area contributed by atoms with Crippen LogP contribution in [0.1, 0.15) is 18.9 Å². The van der Waals surface area contributed by atoms with Crippen molar-refractivity contribution in [3.05, 3.63) is 51.7 Å². The van der Waals surface area contributed by atoms with Crippen molar-refractivity contribution in [2.45, 2.75) is 20.8 Å². The van der Waals surface area contributed by atoms with Crippen molar-refractivity contribution in [3.63, 3.8) is 0 Å². The highest BCUT2D eigenvalue weighted by Crippen LogP contribution is 2.23. The van der Waals surface area contributed by atoms with E-state index in [-0.39, 0.29) is 5.58 Å². The third-order valence-corrected chi connectivity index (χ3v) is 3.96. The summed E-state index contributed by atoms with van der Waals surface area (Å²) >= 11 is 1.44.